The van der Waals surface area contributed by atoms with E-state index in [2.05, 4.69) is 21.9 Å². The minimum atomic E-state index is -0.655. The van der Waals surface area contributed by atoms with Gasteiger partial charge in [0.2, 0.25) is 5.91 Å². The lowest BCUT2D eigenvalue weighted by atomic mass is 10.1. The molecule has 1 aliphatic rings. The quantitative estimate of drug-likeness (QED) is 0.727. The Balaban J connectivity index is 1.87. The molecule has 0 radical (unpaired) electrons. The predicted molar refractivity (Wildman–Crippen MR) is 107 cm³/mol. The molecule has 0 bridgehead atoms. The van der Waals surface area contributed by atoms with Gasteiger partial charge in [-0.15, -0.1) is 0 Å². The summed E-state index contributed by atoms with van der Waals surface area (Å²) >= 11 is 0. The normalized spacial score (nSPS) is 18.8. The van der Waals surface area contributed by atoms with Gasteiger partial charge >= 0.3 is 0 Å². The van der Waals surface area contributed by atoms with Gasteiger partial charge in [0.05, 0.1) is 17.9 Å². The molecule has 0 unspecified atom stereocenters. The Morgan fingerprint density at radius 1 is 1.46 bits per heavy atom. The molecule has 0 saturated carbocycles. The van der Waals surface area contributed by atoms with Crippen LogP contribution in [0.5, 0.6) is 0 Å². The average Bonchev–Trinajstić information content (AvgIpc) is 3.25. The lowest BCUT2D eigenvalue weighted by Crippen LogP contribution is -2.43. The van der Waals surface area contributed by atoms with Gasteiger partial charge in [-0.2, -0.15) is 0 Å². The average molecular weight is 383 g/mol. The van der Waals surface area contributed by atoms with Gasteiger partial charge in [-0.3, -0.25) is 9.59 Å². The van der Waals surface area contributed by atoms with E-state index in [4.69, 9.17) is 5.73 Å². The number of hydrogen-bond acceptors (Lipinski definition) is 6. The zero-order chi connectivity index (χ0) is 20.4. The number of carbonyl (C=O) groups is 2. The van der Waals surface area contributed by atoms with Crippen molar-refractivity contribution in [2.75, 3.05) is 23.8 Å². The maximum absolute atomic E-state index is 12.0. The molecule has 9 nitrogen and oxygen atoms in total. The molecule has 2 aromatic heterocycles. The van der Waals surface area contributed by atoms with Crippen LogP contribution in [0.15, 0.2) is 37.3 Å². The van der Waals surface area contributed by atoms with Crippen molar-refractivity contribution in [1.29, 1.82) is 0 Å². The second kappa shape index (κ2) is 7.71. The van der Waals surface area contributed by atoms with Crippen molar-refractivity contribution in [3.8, 4) is 0 Å². The summed E-state index contributed by atoms with van der Waals surface area (Å²) in [6, 6.07) is 1.93. The molecule has 28 heavy (non-hydrogen) atoms. The molecule has 0 spiro atoms. The molecular formula is C19H25N7O2. The molecule has 2 amide bonds. The molecule has 9 heteroatoms. The van der Waals surface area contributed by atoms with Gasteiger partial charge < -0.3 is 25.4 Å². The third-order valence-corrected chi connectivity index (χ3v) is 5.12. The largest absolute Gasteiger partial charge is 0.364 e. The van der Waals surface area contributed by atoms with Gasteiger partial charge in [0.1, 0.15) is 5.82 Å². The summed E-state index contributed by atoms with van der Waals surface area (Å²) in [6.45, 7) is 6.23. The van der Waals surface area contributed by atoms with Crippen LogP contribution in [0.1, 0.15) is 23.8 Å². The summed E-state index contributed by atoms with van der Waals surface area (Å²) in [7, 11) is 3.80. The molecule has 2 aromatic rings. The van der Waals surface area contributed by atoms with Crippen LogP contribution < -0.4 is 16.0 Å². The Morgan fingerprint density at radius 2 is 2.21 bits per heavy atom. The van der Waals surface area contributed by atoms with Gasteiger partial charge in [0.15, 0.2) is 11.5 Å². The third kappa shape index (κ3) is 3.68. The fourth-order valence-electron chi connectivity index (χ4n) is 3.57. The van der Waals surface area contributed by atoms with Crippen LogP contribution in [0.2, 0.25) is 0 Å². The van der Waals surface area contributed by atoms with Crippen molar-refractivity contribution in [3.63, 3.8) is 0 Å². The smallest absolute Gasteiger partial charge is 0.271 e. The van der Waals surface area contributed by atoms with Gasteiger partial charge in [-0.25, -0.2) is 9.97 Å². The number of amides is 2. The molecular weight excluding hydrogens is 358 g/mol. The van der Waals surface area contributed by atoms with Crippen LogP contribution in [-0.2, 0) is 11.8 Å². The summed E-state index contributed by atoms with van der Waals surface area (Å²) in [5.41, 5.74) is 6.30. The van der Waals surface area contributed by atoms with Crippen molar-refractivity contribution >= 4 is 29.1 Å². The summed E-state index contributed by atoms with van der Waals surface area (Å²) in [4.78, 5) is 36.4. The fraction of sp³-hybridized carbons (Fsp3) is 0.368. The molecule has 1 fully saturated rings. The summed E-state index contributed by atoms with van der Waals surface area (Å²) in [6.07, 6.45) is 7.41. The van der Waals surface area contributed by atoms with Crippen LogP contribution in [-0.4, -0.2) is 56.9 Å². The lowest BCUT2D eigenvalue weighted by molar-refractivity contribution is -0.126. The van der Waals surface area contributed by atoms with Crippen LogP contribution in [0.4, 0.5) is 17.3 Å². The van der Waals surface area contributed by atoms with E-state index in [1.54, 1.807) is 4.90 Å². The minimum Gasteiger partial charge on any atom is -0.364 e. The first-order valence-electron chi connectivity index (χ1n) is 9.03. The van der Waals surface area contributed by atoms with Crippen LogP contribution in [0, 0.1) is 0 Å². The molecule has 2 atom stereocenters. The zero-order valence-corrected chi connectivity index (χ0v) is 16.3. The third-order valence-electron chi connectivity index (χ3n) is 5.12. The fourth-order valence-corrected chi connectivity index (χ4v) is 3.57. The number of anilines is 3. The second-order valence-electron chi connectivity index (χ2n) is 6.92. The van der Waals surface area contributed by atoms with Crippen molar-refractivity contribution in [3.05, 3.63) is 43.0 Å². The SMILES string of the molecule is C=CC(=O)N1CC[C@@H](N(C)c2cnc(C(N)=O)c(Nc3ccn(C)c3)n2)[C@H]1C. The minimum absolute atomic E-state index is 0.00125. The van der Waals surface area contributed by atoms with E-state index in [-0.39, 0.29) is 23.7 Å². The Bertz CT molecular complexity index is 907. The number of likely N-dealkylation sites (N-methyl/N-ethyl adjacent to an activating group) is 1. The highest BCUT2D eigenvalue weighted by Gasteiger charge is 2.36. The molecule has 148 valence electrons. The number of aromatic nitrogens is 3. The number of nitrogens with two attached hydrogens (primary N) is 1. The van der Waals surface area contributed by atoms with Gasteiger partial charge in [-0.1, -0.05) is 6.58 Å². The number of hydrogen-bond donors (Lipinski definition) is 2. The Kier molecular flexibility index (Phi) is 5.34. The van der Waals surface area contributed by atoms with Crippen LogP contribution in [0.3, 0.4) is 0 Å². The zero-order valence-electron chi connectivity index (χ0n) is 16.3. The summed E-state index contributed by atoms with van der Waals surface area (Å²) in [5, 5.41) is 3.11. The van der Waals surface area contributed by atoms with Crippen LogP contribution in [0.25, 0.3) is 0 Å². The standard InChI is InChI=1S/C19H25N7O2/c1-5-16(27)26-9-7-14(12(26)2)25(4)15-10-21-17(18(20)28)19(23-15)22-13-6-8-24(3)11-13/h5-6,8,10-12,14H,1,7,9H2,2-4H3,(H2,20,28)(H,22,23)/t12-,14-/m1/s1. The second-order valence-corrected chi connectivity index (χ2v) is 6.92. The first-order valence-corrected chi connectivity index (χ1v) is 9.03. The topological polar surface area (TPSA) is 109 Å². The predicted octanol–water partition coefficient (Wildman–Crippen LogP) is 1.27. The molecule has 3 heterocycles. The Morgan fingerprint density at radius 3 is 2.82 bits per heavy atom. The van der Waals surface area contributed by atoms with Gasteiger partial charge in [-0.05, 0) is 25.5 Å². The van der Waals surface area contributed by atoms with E-state index in [1.165, 1.54) is 12.3 Å². The van der Waals surface area contributed by atoms with Crippen molar-refractivity contribution in [2.24, 2.45) is 12.8 Å². The lowest BCUT2D eigenvalue weighted by Gasteiger charge is -2.31. The molecule has 1 aliphatic heterocycles. The highest BCUT2D eigenvalue weighted by atomic mass is 16.2. The van der Waals surface area contributed by atoms with E-state index in [0.29, 0.717) is 18.2 Å². The van der Waals surface area contributed by atoms with Gasteiger partial charge in [0.25, 0.3) is 5.91 Å². The monoisotopic (exact) mass is 383 g/mol. The van der Waals surface area contributed by atoms with E-state index in [1.807, 2.05) is 48.9 Å². The first kappa shape index (κ1) is 19.4. The van der Waals surface area contributed by atoms with Crippen molar-refractivity contribution in [1.82, 2.24) is 19.4 Å². The highest BCUT2D eigenvalue weighted by Crippen LogP contribution is 2.27. The molecule has 0 aliphatic carbocycles. The summed E-state index contributed by atoms with van der Waals surface area (Å²) in [5.74, 6) is 0.156. The van der Waals surface area contributed by atoms with E-state index in [0.717, 1.165) is 12.1 Å². The van der Waals surface area contributed by atoms with Crippen molar-refractivity contribution in [2.45, 2.75) is 25.4 Å². The number of aryl methyl sites for hydroxylation is 1. The Hall–Kier alpha value is -3.36. The number of nitrogens with one attached hydrogen (secondary N) is 1. The maximum atomic E-state index is 12.0. The maximum Gasteiger partial charge on any atom is 0.271 e. The summed E-state index contributed by atoms with van der Waals surface area (Å²) < 4.78 is 1.88. The van der Waals surface area contributed by atoms with Gasteiger partial charge in [0, 0.05) is 39.1 Å². The van der Waals surface area contributed by atoms with E-state index >= 15 is 0 Å². The molecule has 0 aromatic carbocycles. The number of carbonyl (C=O) groups excluding carboxylic acids is 2. The number of primary amides is 1. The molecule has 3 N–H and O–H groups in total. The van der Waals surface area contributed by atoms with E-state index in [9.17, 15) is 9.59 Å². The highest BCUT2D eigenvalue weighted by molar-refractivity contribution is 5.96. The number of rotatable bonds is 6. The molecule has 1 saturated heterocycles. The van der Waals surface area contributed by atoms with Crippen molar-refractivity contribution < 1.29 is 9.59 Å². The molecule has 3 rings (SSSR count). The number of likely N-dealkylation sites (tertiary alicyclic amines) is 1. The Labute approximate surface area is 163 Å². The van der Waals surface area contributed by atoms with E-state index < -0.39 is 5.91 Å². The number of nitrogens with zero attached hydrogens (tertiary/aromatic N) is 5. The van der Waals surface area contributed by atoms with Crippen LogP contribution >= 0.6 is 0 Å². The first-order chi connectivity index (χ1) is 13.3.